The molecule has 0 radical (unpaired) electrons. The van der Waals surface area contributed by atoms with Gasteiger partial charge < -0.3 is 9.64 Å². The van der Waals surface area contributed by atoms with Crippen molar-refractivity contribution in [2.45, 2.75) is 52.1 Å². The summed E-state index contributed by atoms with van der Waals surface area (Å²) in [6.07, 6.45) is 1.62. The van der Waals surface area contributed by atoms with Crippen LogP contribution in [0.4, 0.5) is 8.78 Å². The van der Waals surface area contributed by atoms with E-state index in [0.29, 0.717) is 5.41 Å². The van der Waals surface area contributed by atoms with Gasteiger partial charge in [0.1, 0.15) is 0 Å². The van der Waals surface area contributed by atoms with Gasteiger partial charge in [0.25, 0.3) is 0 Å². The third-order valence-electron chi connectivity index (χ3n) is 4.12. The zero-order chi connectivity index (χ0) is 13.2. The van der Waals surface area contributed by atoms with E-state index in [2.05, 4.69) is 18.7 Å². The topological polar surface area (TPSA) is 12.5 Å². The average Bonchev–Trinajstić information content (AvgIpc) is 2.90. The molecular weight excluding hydrogens is 236 g/mol. The number of ether oxygens (including phenoxy) is 1. The lowest BCUT2D eigenvalue weighted by Gasteiger charge is -2.24. The first-order chi connectivity index (χ1) is 8.49. The van der Waals surface area contributed by atoms with Crippen molar-refractivity contribution in [3.63, 3.8) is 0 Å². The zero-order valence-electron chi connectivity index (χ0n) is 11.5. The minimum Gasteiger partial charge on any atom is -0.378 e. The number of hydrogen-bond acceptors (Lipinski definition) is 2. The molecule has 2 rings (SSSR count). The fourth-order valence-electron chi connectivity index (χ4n) is 2.84. The molecule has 1 saturated carbocycles. The van der Waals surface area contributed by atoms with Crippen LogP contribution >= 0.6 is 0 Å². The van der Waals surface area contributed by atoms with Crippen LogP contribution in [0.25, 0.3) is 0 Å². The van der Waals surface area contributed by atoms with Crippen molar-refractivity contribution in [1.29, 1.82) is 0 Å². The van der Waals surface area contributed by atoms with E-state index in [0.717, 1.165) is 32.7 Å². The second kappa shape index (κ2) is 5.83. The van der Waals surface area contributed by atoms with Crippen molar-refractivity contribution < 1.29 is 13.5 Å². The van der Waals surface area contributed by atoms with Crippen LogP contribution in [0.15, 0.2) is 0 Å². The molecule has 0 aromatic carbocycles. The molecule has 0 bridgehead atoms. The minimum atomic E-state index is -2.14. The van der Waals surface area contributed by atoms with Crippen LogP contribution in [0, 0.1) is 11.3 Å². The second-order valence-electron chi connectivity index (χ2n) is 6.38. The van der Waals surface area contributed by atoms with Crippen molar-refractivity contribution in [3.8, 4) is 0 Å². The van der Waals surface area contributed by atoms with Crippen molar-refractivity contribution in [3.05, 3.63) is 0 Å². The van der Waals surface area contributed by atoms with Gasteiger partial charge in [-0.2, -0.15) is 0 Å². The Bertz CT molecular complexity index is 267. The quantitative estimate of drug-likeness (QED) is 0.698. The highest BCUT2D eigenvalue weighted by molar-refractivity contribution is 4.97. The molecule has 0 aromatic heterocycles. The van der Waals surface area contributed by atoms with E-state index in [4.69, 9.17) is 4.74 Å². The van der Waals surface area contributed by atoms with Crippen LogP contribution in [0.5, 0.6) is 0 Å². The number of halogens is 2. The molecule has 1 heterocycles. The Morgan fingerprint density at radius 2 is 2.06 bits per heavy atom. The van der Waals surface area contributed by atoms with E-state index < -0.39 is 6.43 Å². The summed E-state index contributed by atoms with van der Waals surface area (Å²) in [6, 6.07) is 0. The second-order valence-corrected chi connectivity index (χ2v) is 6.38. The third-order valence-corrected chi connectivity index (χ3v) is 4.12. The zero-order valence-corrected chi connectivity index (χ0v) is 11.5. The maximum absolute atomic E-state index is 12.3. The van der Waals surface area contributed by atoms with Crippen molar-refractivity contribution >= 4 is 0 Å². The van der Waals surface area contributed by atoms with Gasteiger partial charge >= 0.3 is 0 Å². The number of hydrogen-bond donors (Lipinski definition) is 0. The summed E-state index contributed by atoms with van der Waals surface area (Å²) in [5, 5.41) is 0. The van der Waals surface area contributed by atoms with Gasteiger partial charge in [0, 0.05) is 24.9 Å². The molecule has 1 atom stereocenters. The van der Waals surface area contributed by atoms with Crippen LogP contribution in [-0.4, -0.2) is 43.7 Å². The predicted molar refractivity (Wildman–Crippen MR) is 67.9 cm³/mol. The Hall–Kier alpha value is -0.220. The van der Waals surface area contributed by atoms with Crippen molar-refractivity contribution in [1.82, 2.24) is 4.90 Å². The van der Waals surface area contributed by atoms with E-state index in [9.17, 15) is 8.78 Å². The lowest BCUT2D eigenvalue weighted by Crippen LogP contribution is -2.32. The summed E-state index contributed by atoms with van der Waals surface area (Å²) in [7, 11) is 0. The molecule has 106 valence electrons. The summed E-state index contributed by atoms with van der Waals surface area (Å²) >= 11 is 0. The van der Waals surface area contributed by atoms with Crippen LogP contribution in [-0.2, 0) is 4.74 Å². The number of likely N-dealkylation sites (tertiary alicyclic amines) is 1. The van der Waals surface area contributed by atoms with Gasteiger partial charge in [0.2, 0.25) is 6.43 Å². The highest BCUT2D eigenvalue weighted by Crippen LogP contribution is 2.47. The SMILES string of the molecule is CC(C)OCC1(CN2CCC(CC(F)F)C2)CC1. The van der Waals surface area contributed by atoms with E-state index in [1.54, 1.807) is 0 Å². The van der Waals surface area contributed by atoms with Crippen molar-refractivity contribution in [2.75, 3.05) is 26.2 Å². The van der Waals surface area contributed by atoms with Crippen LogP contribution in [0.1, 0.15) is 39.5 Å². The molecule has 1 aliphatic carbocycles. The largest absolute Gasteiger partial charge is 0.378 e. The Morgan fingerprint density at radius 3 is 2.61 bits per heavy atom. The van der Waals surface area contributed by atoms with Crippen LogP contribution in [0.3, 0.4) is 0 Å². The summed E-state index contributed by atoms with van der Waals surface area (Å²) in [5.41, 5.74) is 0.337. The molecule has 0 spiro atoms. The summed E-state index contributed by atoms with van der Waals surface area (Å²) < 4.78 is 30.4. The molecule has 18 heavy (non-hydrogen) atoms. The van der Waals surface area contributed by atoms with Gasteiger partial charge in [-0.05, 0) is 45.6 Å². The fourth-order valence-corrected chi connectivity index (χ4v) is 2.84. The normalized spacial score (nSPS) is 27.3. The van der Waals surface area contributed by atoms with Gasteiger partial charge in [0.15, 0.2) is 0 Å². The number of alkyl halides is 2. The summed E-state index contributed by atoms with van der Waals surface area (Å²) in [6.45, 7) is 7.84. The average molecular weight is 261 g/mol. The highest BCUT2D eigenvalue weighted by Gasteiger charge is 2.45. The molecule has 2 fully saturated rings. The van der Waals surface area contributed by atoms with Crippen LogP contribution < -0.4 is 0 Å². The molecule has 0 aromatic rings. The fraction of sp³-hybridized carbons (Fsp3) is 1.00. The van der Waals surface area contributed by atoms with Gasteiger partial charge in [-0.1, -0.05) is 0 Å². The number of nitrogens with zero attached hydrogens (tertiary/aromatic N) is 1. The standard InChI is InChI=1S/C14H25F2NO/c1-11(2)18-10-14(4-5-14)9-17-6-3-12(8-17)7-13(15)16/h11-13H,3-10H2,1-2H3. The molecule has 0 amide bonds. The smallest absolute Gasteiger partial charge is 0.238 e. The maximum Gasteiger partial charge on any atom is 0.238 e. The van der Waals surface area contributed by atoms with Gasteiger partial charge in [-0.25, -0.2) is 8.78 Å². The molecule has 2 aliphatic rings. The first-order valence-corrected chi connectivity index (χ1v) is 7.11. The first kappa shape index (κ1) is 14.2. The van der Waals surface area contributed by atoms with E-state index >= 15 is 0 Å². The van der Waals surface area contributed by atoms with Gasteiger partial charge in [-0.15, -0.1) is 0 Å². The molecule has 4 heteroatoms. The highest BCUT2D eigenvalue weighted by atomic mass is 19.3. The first-order valence-electron chi connectivity index (χ1n) is 7.11. The lowest BCUT2D eigenvalue weighted by atomic mass is 10.1. The van der Waals surface area contributed by atoms with Crippen LogP contribution in [0.2, 0.25) is 0 Å². The Labute approximate surface area is 109 Å². The predicted octanol–water partition coefficient (Wildman–Crippen LogP) is 3.17. The van der Waals surface area contributed by atoms with Crippen molar-refractivity contribution in [2.24, 2.45) is 11.3 Å². The van der Waals surface area contributed by atoms with Gasteiger partial charge in [0.05, 0.1) is 12.7 Å². The lowest BCUT2D eigenvalue weighted by molar-refractivity contribution is 0.0326. The summed E-state index contributed by atoms with van der Waals surface area (Å²) in [4.78, 5) is 2.36. The molecule has 1 unspecified atom stereocenters. The Morgan fingerprint density at radius 1 is 1.33 bits per heavy atom. The minimum absolute atomic E-state index is 0.0754. The van der Waals surface area contributed by atoms with E-state index in [1.165, 1.54) is 12.8 Å². The monoisotopic (exact) mass is 261 g/mol. The van der Waals surface area contributed by atoms with E-state index in [-0.39, 0.29) is 18.4 Å². The van der Waals surface area contributed by atoms with E-state index in [1.807, 2.05) is 0 Å². The maximum atomic E-state index is 12.3. The Kier molecular flexibility index (Phi) is 4.59. The number of rotatable bonds is 7. The molecule has 0 N–H and O–H groups in total. The molecule has 1 aliphatic heterocycles. The Balaban J connectivity index is 1.71. The molecule has 2 nitrogen and oxygen atoms in total. The molecule has 1 saturated heterocycles. The summed E-state index contributed by atoms with van der Waals surface area (Å²) in [5.74, 6) is 0.201. The molecular formula is C14H25F2NO. The third kappa shape index (κ3) is 4.16. The van der Waals surface area contributed by atoms with Gasteiger partial charge in [-0.3, -0.25) is 0 Å².